The Bertz CT molecular complexity index is 146. The van der Waals surface area contributed by atoms with E-state index < -0.39 is 6.29 Å². The van der Waals surface area contributed by atoms with Crippen molar-refractivity contribution in [2.24, 2.45) is 0 Å². The van der Waals surface area contributed by atoms with Gasteiger partial charge in [0.1, 0.15) is 0 Å². The Morgan fingerprint density at radius 3 is 2.25 bits per heavy atom. The first-order chi connectivity index (χ1) is 5.35. The zero-order valence-electron chi connectivity index (χ0n) is 8.51. The number of hydrogen-bond donors (Lipinski definition) is 0. The Hall–Kier alpha value is -0.570. The molecule has 0 saturated carbocycles. The van der Waals surface area contributed by atoms with Gasteiger partial charge in [-0.1, -0.05) is 6.92 Å². The van der Waals surface area contributed by atoms with Crippen molar-refractivity contribution in [3.8, 4) is 0 Å². The van der Waals surface area contributed by atoms with Crippen LogP contribution in [0.1, 0.15) is 41.0 Å². The summed E-state index contributed by atoms with van der Waals surface area (Å²) in [6.07, 6.45) is -0.0739. The zero-order valence-corrected chi connectivity index (χ0v) is 8.51. The minimum Gasteiger partial charge on any atom is -0.436 e. The summed E-state index contributed by atoms with van der Waals surface area (Å²) in [6.45, 7) is 9.24. The van der Waals surface area contributed by atoms with Crippen LogP contribution in [0.15, 0.2) is 0 Å². The van der Waals surface area contributed by atoms with Crippen molar-refractivity contribution in [2.75, 3.05) is 0 Å². The summed E-state index contributed by atoms with van der Waals surface area (Å²) >= 11 is 0. The molecule has 0 bridgehead atoms. The highest BCUT2D eigenvalue weighted by Gasteiger charge is 2.17. The molecule has 0 aromatic rings. The molecule has 0 aliphatic carbocycles. The molecule has 0 saturated heterocycles. The second-order valence-corrected chi connectivity index (χ2v) is 3.64. The molecule has 0 aromatic carbocycles. The molecule has 0 N–H and O–H groups in total. The molecule has 12 heavy (non-hydrogen) atoms. The van der Waals surface area contributed by atoms with E-state index in [1.165, 1.54) is 0 Å². The predicted octanol–water partition coefficient (Wildman–Crippen LogP) is 2.10. The van der Waals surface area contributed by atoms with Crippen LogP contribution in [0.2, 0.25) is 0 Å². The number of hydrogen-bond acceptors (Lipinski definition) is 3. The van der Waals surface area contributed by atoms with Gasteiger partial charge >= 0.3 is 5.97 Å². The molecule has 72 valence electrons. The van der Waals surface area contributed by atoms with Gasteiger partial charge in [-0.05, 0) is 27.7 Å². The lowest BCUT2D eigenvalue weighted by molar-refractivity contribution is -0.196. The van der Waals surface area contributed by atoms with E-state index in [0.717, 1.165) is 0 Å². The summed E-state index contributed by atoms with van der Waals surface area (Å²) in [6, 6.07) is 0. The highest BCUT2D eigenvalue weighted by Crippen LogP contribution is 2.11. The van der Waals surface area contributed by atoms with Gasteiger partial charge in [0.25, 0.3) is 0 Å². The summed E-state index contributed by atoms with van der Waals surface area (Å²) in [5.41, 5.74) is -0.270. The van der Waals surface area contributed by atoms with E-state index in [1.807, 2.05) is 20.8 Å². The minimum absolute atomic E-state index is 0.230. The van der Waals surface area contributed by atoms with E-state index in [-0.39, 0.29) is 11.6 Å². The summed E-state index contributed by atoms with van der Waals surface area (Å²) in [7, 11) is 0. The second kappa shape index (κ2) is 4.45. The fourth-order valence-corrected chi connectivity index (χ4v) is 0.790. The first kappa shape index (κ1) is 11.4. The van der Waals surface area contributed by atoms with Crippen molar-refractivity contribution >= 4 is 5.97 Å². The van der Waals surface area contributed by atoms with Crippen molar-refractivity contribution in [3.05, 3.63) is 0 Å². The van der Waals surface area contributed by atoms with E-state index in [9.17, 15) is 4.79 Å². The first-order valence-corrected chi connectivity index (χ1v) is 4.22. The topological polar surface area (TPSA) is 35.5 Å². The van der Waals surface area contributed by atoms with Crippen LogP contribution in [-0.2, 0) is 14.3 Å². The smallest absolute Gasteiger partial charge is 0.307 e. The van der Waals surface area contributed by atoms with Gasteiger partial charge in [-0.25, -0.2) is 0 Å². The van der Waals surface area contributed by atoms with Crippen LogP contribution < -0.4 is 0 Å². The molecular weight excluding hydrogens is 156 g/mol. The fourth-order valence-electron chi connectivity index (χ4n) is 0.790. The lowest BCUT2D eigenvalue weighted by atomic mass is 10.2. The zero-order chi connectivity index (χ0) is 9.78. The molecule has 0 rings (SSSR count). The lowest BCUT2D eigenvalue weighted by Gasteiger charge is -2.24. The molecule has 0 amide bonds. The molecule has 1 unspecified atom stereocenters. The number of rotatable bonds is 3. The summed E-state index contributed by atoms with van der Waals surface area (Å²) < 4.78 is 10.3. The van der Waals surface area contributed by atoms with Crippen molar-refractivity contribution < 1.29 is 14.3 Å². The highest BCUT2D eigenvalue weighted by molar-refractivity contribution is 5.68. The fraction of sp³-hybridized carbons (Fsp3) is 0.889. The molecular formula is C9H18O3. The van der Waals surface area contributed by atoms with Gasteiger partial charge < -0.3 is 9.47 Å². The highest BCUT2D eigenvalue weighted by atomic mass is 16.7. The van der Waals surface area contributed by atoms with Crippen LogP contribution in [0, 0.1) is 0 Å². The van der Waals surface area contributed by atoms with Gasteiger partial charge in [0.05, 0.1) is 5.60 Å². The molecule has 0 spiro atoms. The maximum Gasteiger partial charge on any atom is 0.307 e. The maximum atomic E-state index is 10.8. The Balaban J connectivity index is 3.74. The van der Waals surface area contributed by atoms with Gasteiger partial charge in [0, 0.05) is 6.42 Å². The molecule has 0 radical (unpaired) electrons. The van der Waals surface area contributed by atoms with E-state index in [2.05, 4.69) is 0 Å². The van der Waals surface area contributed by atoms with Crippen LogP contribution >= 0.6 is 0 Å². The number of esters is 1. The van der Waals surface area contributed by atoms with E-state index in [0.29, 0.717) is 6.42 Å². The number of carbonyl (C=O) groups is 1. The van der Waals surface area contributed by atoms with Crippen LogP contribution in [0.25, 0.3) is 0 Å². The Labute approximate surface area is 74.0 Å². The average Bonchev–Trinajstić information content (AvgIpc) is 1.82. The van der Waals surface area contributed by atoms with Crippen LogP contribution in [0.3, 0.4) is 0 Å². The molecule has 0 fully saturated rings. The largest absolute Gasteiger partial charge is 0.436 e. The Morgan fingerprint density at radius 2 is 1.92 bits per heavy atom. The van der Waals surface area contributed by atoms with Crippen LogP contribution in [0.4, 0.5) is 0 Å². The van der Waals surface area contributed by atoms with Gasteiger partial charge in [0.2, 0.25) is 6.29 Å². The number of carbonyl (C=O) groups excluding carboxylic acids is 1. The van der Waals surface area contributed by atoms with Gasteiger partial charge in [-0.15, -0.1) is 0 Å². The summed E-state index contributed by atoms with van der Waals surface area (Å²) in [5, 5.41) is 0. The molecule has 1 atom stereocenters. The maximum absolute atomic E-state index is 10.8. The molecule has 0 heterocycles. The average molecular weight is 174 g/mol. The monoisotopic (exact) mass is 174 g/mol. The van der Waals surface area contributed by atoms with Crippen molar-refractivity contribution in [2.45, 2.75) is 52.9 Å². The van der Waals surface area contributed by atoms with Crippen molar-refractivity contribution in [1.29, 1.82) is 0 Å². The quantitative estimate of drug-likeness (QED) is 0.485. The van der Waals surface area contributed by atoms with E-state index >= 15 is 0 Å². The molecule has 0 aliphatic rings. The summed E-state index contributed by atoms with van der Waals surface area (Å²) in [4.78, 5) is 10.8. The summed E-state index contributed by atoms with van der Waals surface area (Å²) in [5.74, 6) is -0.230. The van der Waals surface area contributed by atoms with Gasteiger partial charge in [-0.3, -0.25) is 4.79 Å². The molecule has 0 aromatic heterocycles. The third kappa shape index (κ3) is 6.16. The third-order valence-electron chi connectivity index (χ3n) is 1.11. The number of ether oxygens (including phenoxy) is 2. The lowest BCUT2D eigenvalue weighted by Crippen LogP contribution is -2.28. The predicted molar refractivity (Wildman–Crippen MR) is 46.7 cm³/mol. The van der Waals surface area contributed by atoms with E-state index in [4.69, 9.17) is 9.47 Å². The third-order valence-corrected chi connectivity index (χ3v) is 1.11. The van der Waals surface area contributed by atoms with Crippen LogP contribution in [0.5, 0.6) is 0 Å². The van der Waals surface area contributed by atoms with Gasteiger partial charge in [0.15, 0.2) is 0 Å². The standard InChI is InChI=1S/C9H18O3/c1-6-8(10)11-7(2)12-9(3,4)5/h7H,6H2,1-5H3. The molecule has 0 aliphatic heterocycles. The minimum atomic E-state index is -0.461. The van der Waals surface area contributed by atoms with Crippen molar-refractivity contribution in [1.82, 2.24) is 0 Å². The molecule has 3 heteroatoms. The normalized spacial score (nSPS) is 14.1. The Kier molecular flexibility index (Phi) is 4.24. The molecule has 3 nitrogen and oxygen atoms in total. The van der Waals surface area contributed by atoms with Crippen LogP contribution in [-0.4, -0.2) is 17.9 Å². The van der Waals surface area contributed by atoms with Gasteiger partial charge in [-0.2, -0.15) is 0 Å². The SMILES string of the molecule is CCC(=O)OC(C)OC(C)(C)C. The van der Waals surface area contributed by atoms with Crippen molar-refractivity contribution in [3.63, 3.8) is 0 Å². The Morgan fingerprint density at radius 1 is 1.42 bits per heavy atom. The first-order valence-electron chi connectivity index (χ1n) is 4.22. The second-order valence-electron chi connectivity index (χ2n) is 3.64. The van der Waals surface area contributed by atoms with E-state index in [1.54, 1.807) is 13.8 Å².